The van der Waals surface area contributed by atoms with Crippen LogP contribution in [-0.2, 0) is 4.79 Å². The standard InChI is InChI=1S/C16H12O6/c1-21-13-6-8(2-5-11(13)18)16-15(20)14(19)10-4-3-9(17)7-12(10)22-16/h2-7,16-18H,1H3/t16-/m0/s1. The normalized spacial score (nSPS) is 16.9. The molecule has 6 heteroatoms. The Labute approximate surface area is 125 Å². The van der Waals surface area contributed by atoms with E-state index in [0.29, 0.717) is 5.56 Å². The van der Waals surface area contributed by atoms with Crippen LogP contribution in [0.3, 0.4) is 0 Å². The predicted octanol–water partition coefficient (Wildman–Crippen LogP) is 1.99. The molecular weight excluding hydrogens is 288 g/mol. The summed E-state index contributed by atoms with van der Waals surface area (Å²) in [6.45, 7) is 0. The number of ketones is 2. The second-order valence-corrected chi connectivity index (χ2v) is 4.80. The number of aromatic hydroxyl groups is 2. The molecule has 0 spiro atoms. The molecule has 0 amide bonds. The summed E-state index contributed by atoms with van der Waals surface area (Å²) < 4.78 is 10.5. The third kappa shape index (κ3) is 2.14. The SMILES string of the molecule is COc1cc([C@@H]2Oc3cc(O)ccc3C(=O)C2=O)ccc1O. The minimum Gasteiger partial charge on any atom is -0.508 e. The van der Waals surface area contributed by atoms with Crippen LogP contribution >= 0.6 is 0 Å². The monoisotopic (exact) mass is 300 g/mol. The fraction of sp³-hybridized carbons (Fsp3) is 0.125. The van der Waals surface area contributed by atoms with Gasteiger partial charge >= 0.3 is 0 Å². The minimum absolute atomic E-state index is 0.0667. The van der Waals surface area contributed by atoms with Gasteiger partial charge in [-0.1, -0.05) is 6.07 Å². The maximum atomic E-state index is 12.2. The van der Waals surface area contributed by atoms with Crippen LogP contribution < -0.4 is 9.47 Å². The number of hydrogen-bond donors (Lipinski definition) is 2. The van der Waals surface area contributed by atoms with Crippen LogP contribution in [0.2, 0.25) is 0 Å². The van der Waals surface area contributed by atoms with E-state index in [-0.39, 0.29) is 28.6 Å². The molecule has 0 radical (unpaired) electrons. The lowest BCUT2D eigenvalue weighted by Crippen LogP contribution is -2.31. The van der Waals surface area contributed by atoms with Gasteiger partial charge in [-0.25, -0.2) is 0 Å². The Bertz CT molecular complexity index is 780. The third-order valence-corrected chi connectivity index (χ3v) is 3.42. The van der Waals surface area contributed by atoms with E-state index >= 15 is 0 Å². The lowest BCUT2D eigenvalue weighted by molar-refractivity contribution is -0.122. The van der Waals surface area contributed by atoms with Crippen molar-refractivity contribution >= 4 is 11.6 Å². The van der Waals surface area contributed by atoms with Crippen molar-refractivity contribution in [1.29, 1.82) is 0 Å². The number of fused-ring (bicyclic) bond motifs is 1. The molecule has 0 saturated heterocycles. The molecule has 0 aliphatic carbocycles. The molecule has 1 heterocycles. The smallest absolute Gasteiger partial charge is 0.248 e. The highest BCUT2D eigenvalue weighted by molar-refractivity contribution is 6.46. The summed E-state index contributed by atoms with van der Waals surface area (Å²) >= 11 is 0. The molecule has 0 unspecified atom stereocenters. The van der Waals surface area contributed by atoms with Gasteiger partial charge in [0.05, 0.1) is 12.7 Å². The zero-order valence-corrected chi connectivity index (χ0v) is 11.6. The second-order valence-electron chi connectivity index (χ2n) is 4.80. The van der Waals surface area contributed by atoms with Crippen LogP contribution in [-0.4, -0.2) is 28.9 Å². The molecule has 2 aromatic rings. The van der Waals surface area contributed by atoms with Crippen molar-refractivity contribution in [3.63, 3.8) is 0 Å². The quantitative estimate of drug-likeness (QED) is 0.824. The van der Waals surface area contributed by atoms with Crippen LogP contribution in [0.25, 0.3) is 0 Å². The van der Waals surface area contributed by atoms with E-state index in [1.54, 1.807) is 0 Å². The van der Waals surface area contributed by atoms with Gasteiger partial charge in [-0.2, -0.15) is 0 Å². The fourth-order valence-corrected chi connectivity index (χ4v) is 2.31. The maximum absolute atomic E-state index is 12.2. The average molecular weight is 300 g/mol. The molecule has 0 bridgehead atoms. The Morgan fingerprint density at radius 3 is 2.59 bits per heavy atom. The molecule has 112 valence electrons. The molecule has 22 heavy (non-hydrogen) atoms. The lowest BCUT2D eigenvalue weighted by Gasteiger charge is -2.24. The molecule has 0 saturated carbocycles. The lowest BCUT2D eigenvalue weighted by atomic mass is 9.94. The van der Waals surface area contributed by atoms with Gasteiger partial charge in [0, 0.05) is 11.6 Å². The molecule has 1 aliphatic heterocycles. The number of methoxy groups -OCH3 is 1. The van der Waals surface area contributed by atoms with Gasteiger partial charge in [-0.15, -0.1) is 0 Å². The molecule has 2 aromatic carbocycles. The molecule has 0 aromatic heterocycles. The van der Waals surface area contributed by atoms with E-state index in [1.807, 2.05) is 0 Å². The molecular formula is C16H12O6. The molecule has 1 atom stereocenters. The van der Waals surface area contributed by atoms with Crippen molar-refractivity contribution in [2.24, 2.45) is 0 Å². The number of hydrogen-bond acceptors (Lipinski definition) is 6. The summed E-state index contributed by atoms with van der Waals surface area (Å²) in [6.07, 6.45) is -1.14. The number of phenolic OH excluding ortho intramolecular Hbond substituents is 2. The first kappa shape index (κ1) is 13.9. The molecule has 1 aliphatic rings. The molecule has 3 rings (SSSR count). The first-order valence-corrected chi connectivity index (χ1v) is 6.46. The summed E-state index contributed by atoms with van der Waals surface area (Å²) in [5.74, 6) is -1.24. The molecule has 2 N–H and O–H groups in total. The van der Waals surface area contributed by atoms with Crippen LogP contribution in [0.15, 0.2) is 36.4 Å². The van der Waals surface area contributed by atoms with E-state index in [4.69, 9.17) is 9.47 Å². The largest absolute Gasteiger partial charge is 0.508 e. The topological polar surface area (TPSA) is 93.1 Å². The van der Waals surface area contributed by atoms with Gasteiger partial charge < -0.3 is 19.7 Å². The van der Waals surface area contributed by atoms with Crippen molar-refractivity contribution in [2.75, 3.05) is 7.11 Å². The number of phenols is 2. The number of carbonyl (C=O) groups is 2. The zero-order chi connectivity index (χ0) is 15.9. The Balaban J connectivity index is 2.06. The highest BCUT2D eigenvalue weighted by Gasteiger charge is 2.37. The van der Waals surface area contributed by atoms with Gasteiger partial charge in [0.2, 0.25) is 11.6 Å². The van der Waals surface area contributed by atoms with E-state index in [2.05, 4.69) is 0 Å². The second kappa shape index (κ2) is 5.07. The Morgan fingerprint density at radius 2 is 1.86 bits per heavy atom. The number of carbonyl (C=O) groups excluding carboxylic acids is 2. The minimum atomic E-state index is -1.14. The van der Waals surface area contributed by atoms with E-state index < -0.39 is 17.7 Å². The highest BCUT2D eigenvalue weighted by Crippen LogP contribution is 2.37. The number of benzene rings is 2. The average Bonchev–Trinajstić information content (AvgIpc) is 2.51. The first-order valence-electron chi connectivity index (χ1n) is 6.46. The predicted molar refractivity (Wildman–Crippen MR) is 75.5 cm³/mol. The van der Waals surface area contributed by atoms with Crippen molar-refractivity contribution < 1.29 is 29.3 Å². The first-order chi connectivity index (χ1) is 10.5. The number of rotatable bonds is 2. The Morgan fingerprint density at radius 1 is 1.09 bits per heavy atom. The van der Waals surface area contributed by atoms with Gasteiger partial charge in [0.15, 0.2) is 17.6 Å². The maximum Gasteiger partial charge on any atom is 0.248 e. The van der Waals surface area contributed by atoms with Crippen molar-refractivity contribution in [1.82, 2.24) is 0 Å². The zero-order valence-electron chi connectivity index (χ0n) is 11.6. The van der Waals surface area contributed by atoms with Gasteiger partial charge in [0.1, 0.15) is 11.5 Å². The van der Waals surface area contributed by atoms with E-state index in [1.165, 1.54) is 43.5 Å². The summed E-state index contributed by atoms with van der Waals surface area (Å²) in [5.41, 5.74) is 0.492. The third-order valence-electron chi connectivity index (χ3n) is 3.42. The van der Waals surface area contributed by atoms with Crippen molar-refractivity contribution in [3.8, 4) is 23.0 Å². The van der Waals surface area contributed by atoms with E-state index in [9.17, 15) is 19.8 Å². The molecule has 6 nitrogen and oxygen atoms in total. The summed E-state index contributed by atoms with van der Waals surface area (Å²) in [6, 6.07) is 8.20. The van der Waals surface area contributed by atoms with Crippen LogP contribution in [0.5, 0.6) is 23.0 Å². The summed E-state index contributed by atoms with van der Waals surface area (Å²) in [5, 5.41) is 19.1. The fourth-order valence-electron chi connectivity index (χ4n) is 2.31. The van der Waals surface area contributed by atoms with Gasteiger partial charge in [0.25, 0.3) is 0 Å². The van der Waals surface area contributed by atoms with Crippen molar-refractivity contribution in [3.05, 3.63) is 47.5 Å². The van der Waals surface area contributed by atoms with Crippen molar-refractivity contribution in [2.45, 2.75) is 6.10 Å². The highest BCUT2D eigenvalue weighted by atomic mass is 16.5. The Kier molecular flexibility index (Phi) is 3.21. The summed E-state index contributed by atoms with van der Waals surface area (Å²) in [4.78, 5) is 24.4. The molecule has 0 fully saturated rings. The number of ether oxygens (including phenoxy) is 2. The number of Topliss-reactive ketones (excluding diaryl/α,β-unsaturated/α-hetero) is 2. The van der Waals surface area contributed by atoms with Crippen LogP contribution in [0.1, 0.15) is 22.0 Å². The van der Waals surface area contributed by atoms with Gasteiger partial charge in [-0.3, -0.25) is 9.59 Å². The van der Waals surface area contributed by atoms with E-state index in [0.717, 1.165) is 0 Å². The van der Waals surface area contributed by atoms with Crippen LogP contribution in [0, 0.1) is 0 Å². The van der Waals surface area contributed by atoms with Crippen LogP contribution in [0.4, 0.5) is 0 Å². The summed E-state index contributed by atoms with van der Waals surface area (Å²) in [7, 11) is 1.38. The Hall–Kier alpha value is -3.02. The van der Waals surface area contributed by atoms with Gasteiger partial charge in [-0.05, 0) is 24.3 Å².